The van der Waals surface area contributed by atoms with Gasteiger partial charge in [-0.2, -0.15) is 0 Å². The Morgan fingerprint density at radius 3 is 2.56 bits per heavy atom. The predicted molar refractivity (Wildman–Crippen MR) is 108 cm³/mol. The van der Waals surface area contributed by atoms with E-state index in [-0.39, 0.29) is 23.6 Å². The van der Waals surface area contributed by atoms with Gasteiger partial charge >= 0.3 is 5.97 Å². The number of aromatic nitrogens is 2. The molecule has 1 aromatic carbocycles. The SMILES string of the molecule is COC(=O)c1cc(-c2ncc(F)cc2OCc2cc(F)cc(N3CC(F)(F)C3)c2)n(C)c1. The molecule has 0 unspecified atom stereocenters. The van der Waals surface area contributed by atoms with Crippen molar-refractivity contribution in [3.05, 3.63) is 65.5 Å². The molecule has 0 N–H and O–H groups in total. The number of ether oxygens (including phenoxy) is 2. The molecule has 0 bridgehead atoms. The molecule has 2 aromatic heterocycles. The number of carbonyl (C=O) groups is 1. The molecule has 0 radical (unpaired) electrons. The molecule has 0 saturated carbocycles. The molecule has 0 atom stereocenters. The van der Waals surface area contributed by atoms with E-state index in [1.165, 1.54) is 36.4 Å². The summed E-state index contributed by atoms with van der Waals surface area (Å²) < 4.78 is 66.3. The predicted octanol–water partition coefficient (Wildman–Crippen LogP) is 4.19. The van der Waals surface area contributed by atoms with Gasteiger partial charge in [0.05, 0.1) is 37.7 Å². The number of benzene rings is 1. The van der Waals surface area contributed by atoms with Crippen molar-refractivity contribution in [1.29, 1.82) is 0 Å². The average molecular weight is 449 g/mol. The molecule has 3 aromatic rings. The first-order chi connectivity index (χ1) is 15.1. The Morgan fingerprint density at radius 2 is 1.88 bits per heavy atom. The van der Waals surface area contributed by atoms with Gasteiger partial charge in [-0.05, 0) is 29.8 Å². The Morgan fingerprint density at radius 1 is 1.12 bits per heavy atom. The molecular weight excluding hydrogens is 430 g/mol. The summed E-state index contributed by atoms with van der Waals surface area (Å²) in [5.41, 5.74) is 1.72. The summed E-state index contributed by atoms with van der Waals surface area (Å²) in [7, 11) is 2.94. The zero-order valence-electron chi connectivity index (χ0n) is 17.2. The second kappa shape index (κ2) is 8.18. The first kappa shape index (κ1) is 21.7. The molecule has 1 saturated heterocycles. The lowest BCUT2D eigenvalue weighted by atomic mass is 10.1. The number of aryl methyl sites for hydroxylation is 1. The number of nitrogens with zero attached hydrogens (tertiary/aromatic N) is 3. The van der Waals surface area contributed by atoms with E-state index in [9.17, 15) is 22.4 Å². The van der Waals surface area contributed by atoms with Crippen LogP contribution in [0.2, 0.25) is 0 Å². The zero-order valence-corrected chi connectivity index (χ0v) is 17.2. The number of anilines is 1. The Hall–Kier alpha value is -3.56. The summed E-state index contributed by atoms with van der Waals surface area (Å²) in [5.74, 6) is -4.50. The summed E-state index contributed by atoms with van der Waals surface area (Å²) >= 11 is 0. The van der Waals surface area contributed by atoms with Gasteiger partial charge in [0, 0.05) is 25.0 Å². The Balaban J connectivity index is 1.59. The number of alkyl halides is 2. The van der Waals surface area contributed by atoms with Crippen LogP contribution in [0.1, 0.15) is 15.9 Å². The summed E-state index contributed by atoms with van der Waals surface area (Å²) in [6, 6.07) is 6.59. The average Bonchev–Trinajstić information content (AvgIpc) is 3.11. The van der Waals surface area contributed by atoms with Gasteiger partial charge in [-0.25, -0.2) is 27.3 Å². The summed E-state index contributed by atoms with van der Waals surface area (Å²) in [4.78, 5) is 17.3. The molecule has 10 heteroatoms. The minimum Gasteiger partial charge on any atom is -0.486 e. The first-order valence-corrected chi connectivity index (χ1v) is 9.61. The Labute approximate surface area is 181 Å². The van der Waals surface area contributed by atoms with Gasteiger partial charge in [-0.1, -0.05) is 0 Å². The standard InChI is InChI=1S/C22H19F4N3O3/c1-28-9-14(21(30)31-2)5-18(28)20-19(7-16(24)8-27-20)32-10-13-3-15(23)6-17(4-13)29-11-22(25,26)12-29/h3-9H,10-12H2,1-2H3. The van der Waals surface area contributed by atoms with Crippen molar-refractivity contribution < 1.29 is 31.8 Å². The maximum Gasteiger partial charge on any atom is 0.339 e. The fourth-order valence-electron chi connectivity index (χ4n) is 3.51. The van der Waals surface area contributed by atoms with Crippen molar-refractivity contribution >= 4 is 11.7 Å². The van der Waals surface area contributed by atoms with Gasteiger partial charge in [0.15, 0.2) is 5.75 Å². The van der Waals surface area contributed by atoms with Crippen LogP contribution >= 0.6 is 0 Å². The van der Waals surface area contributed by atoms with Crippen LogP contribution in [0.3, 0.4) is 0 Å². The summed E-state index contributed by atoms with van der Waals surface area (Å²) in [5, 5.41) is 0. The van der Waals surface area contributed by atoms with E-state index in [1.54, 1.807) is 17.7 Å². The van der Waals surface area contributed by atoms with Crippen LogP contribution in [0.15, 0.2) is 42.7 Å². The number of esters is 1. The second-order valence-corrected chi connectivity index (χ2v) is 7.54. The molecule has 0 aliphatic carbocycles. The first-order valence-electron chi connectivity index (χ1n) is 9.61. The maximum absolute atomic E-state index is 14.1. The Bertz CT molecular complexity index is 1170. The van der Waals surface area contributed by atoms with E-state index in [4.69, 9.17) is 9.47 Å². The van der Waals surface area contributed by atoms with E-state index < -0.39 is 36.6 Å². The van der Waals surface area contributed by atoms with Gasteiger partial charge in [-0.15, -0.1) is 0 Å². The molecule has 1 aliphatic heterocycles. The third-order valence-electron chi connectivity index (χ3n) is 5.03. The smallest absolute Gasteiger partial charge is 0.339 e. The molecule has 0 spiro atoms. The summed E-state index contributed by atoms with van der Waals surface area (Å²) in [6.07, 6.45) is 2.55. The lowest BCUT2D eigenvalue weighted by molar-refractivity contribution is -0.0263. The minimum absolute atomic E-state index is 0.0731. The number of hydrogen-bond donors (Lipinski definition) is 0. The normalized spacial score (nSPS) is 14.8. The molecule has 4 rings (SSSR count). The van der Waals surface area contributed by atoms with Crippen molar-refractivity contribution in [2.75, 3.05) is 25.1 Å². The highest BCUT2D eigenvalue weighted by atomic mass is 19.3. The highest BCUT2D eigenvalue weighted by Crippen LogP contribution is 2.34. The molecule has 168 valence electrons. The highest BCUT2D eigenvalue weighted by Gasteiger charge is 2.44. The lowest BCUT2D eigenvalue weighted by Crippen LogP contribution is -2.56. The van der Waals surface area contributed by atoms with Crippen LogP contribution in [-0.2, 0) is 18.4 Å². The number of halogens is 4. The largest absolute Gasteiger partial charge is 0.486 e. The third kappa shape index (κ3) is 4.39. The zero-order chi connectivity index (χ0) is 23.0. The lowest BCUT2D eigenvalue weighted by Gasteiger charge is -2.40. The van der Waals surface area contributed by atoms with E-state index in [2.05, 4.69) is 4.98 Å². The number of hydrogen-bond acceptors (Lipinski definition) is 5. The van der Waals surface area contributed by atoms with Gasteiger partial charge in [-0.3, -0.25) is 0 Å². The highest BCUT2D eigenvalue weighted by molar-refractivity contribution is 5.91. The van der Waals surface area contributed by atoms with Crippen molar-refractivity contribution in [1.82, 2.24) is 9.55 Å². The molecule has 1 fully saturated rings. The van der Waals surface area contributed by atoms with Crippen LogP contribution in [0.4, 0.5) is 23.2 Å². The van der Waals surface area contributed by atoms with Crippen LogP contribution in [0.25, 0.3) is 11.4 Å². The number of pyridine rings is 1. The van der Waals surface area contributed by atoms with Gasteiger partial charge < -0.3 is 18.9 Å². The van der Waals surface area contributed by atoms with E-state index in [0.717, 1.165) is 12.3 Å². The molecule has 6 nitrogen and oxygen atoms in total. The molecule has 0 amide bonds. The molecular formula is C22H19F4N3O3. The molecule has 3 heterocycles. The number of methoxy groups -OCH3 is 1. The van der Waals surface area contributed by atoms with E-state index >= 15 is 0 Å². The van der Waals surface area contributed by atoms with Crippen LogP contribution in [0, 0.1) is 11.6 Å². The quantitative estimate of drug-likeness (QED) is 0.417. The fourth-order valence-corrected chi connectivity index (χ4v) is 3.51. The minimum atomic E-state index is -2.79. The second-order valence-electron chi connectivity index (χ2n) is 7.54. The van der Waals surface area contributed by atoms with Crippen LogP contribution < -0.4 is 9.64 Å². The number of carbonyl (C=O) groups excluding carboxylic acids is 1. The Kier molecular flexibility index (Phi) is 5.53. The monoisotopic (exact) mass is 449 g/mol. The van der Waals surface area contributed by atoms with E-state index in [0.29, 0.717) is 16.9 Å². The van der Waals surface area contributed by atoms with Gasteiger partial charge in [0.2, 0.25) is 0 Å². The number of rotatable bonds is 6. The third-order valence-corrected chi connectivity index (χ3v) is 5.03. The molecule has 32 heavy (non-hydrogen) atoms. The van der Waals surface area contributed by atoms with Gasteiger partial charge in [0.25, 0.3) is 5.92 Å². The summed E-state index contributed by atoms with van der Waals surface area (Å²) in [6.45, 7) is -1.11. The maximum atomic E-state index is 14.1. The van der Waals surface area contributed by atoms with Crippen molar-refractivity contribution in [3.8, 4) is 17.1 Å². The molecule has 1 aliphatic rings. The van der Waals surface area contributed by atoms with Gasteiger partial charge in [0.1, 0.15) is 23.9 Å². The van der Waals surface area contributed by atoms with Crippen molar-refractivity contribution in [2.24, 2.45) is 7.05 Å². The van der Waals surface area contributed by atoms with E-state index in [1.807, 2.05) is 0 Å². The van der Waals surface area contributed by atoms with Crippen molar-refractivity contribution in [2.45, 2.75) is 12.5 Å². The van der Waals surface area contributed by atoms with Crippen LogP contribution in [0.5, 0.6) is 5.75 Å². The fraction of sp³-hybridized carbons (Fsp3) is 0.273. The topological polar surface area (TPSA) is 56.6 Å². The van der Waals surface area contributed by atoms with Crippen molar-refractivity contribution in [3.63, 3.8) is 0 Å². The van der Waals surface area contributed by atoms with Crippen LogP contribution in [-0.4, -0.2) is 41.6 Å².